The van der Waals surface area contributed by atoms with Crippen LogP contribution in [0.25, 0.3) is 0 Å². The summed E-state index contributed by atoms with van der Waals surface area (Å²) in [6.45, 7) is 5.91. The van der Waals surface area contributed by atoms with Gasteiger partial charge in [-0.1, -0.05) is 25.6 Å². The topological polar surface area (TPSA) is 80.2 Å². The second-order valence-electron chi connectivity index (χ2n) is 5.16. The van der Waals surface area contributed by atoms with E-state index >= 15 is 0 Å². The van der Waals surface area contributed by atoms with Gasteiger partial charge in [-0.05, 0) is 13.0 Å². The molecule has 1 fully saturated rings. The van der Waals surface area contributed by atoms with Gasteiger partial charge in [-0.15, -0.1) is 0 Å². The van der Waals surface area contributed by atoms with E-state index < -0.39 is 15.9 Å². The van der Waals surface area contributed by atoms with Crippen LogP contribution in [-0.4, -0.2) is 46.4 Å². The van der Waals surface area contributed by atoms with E-state index in [0.29, 0.717) is 0 Å². The number of nitrogens with zero attached hydrogens (tertiary/aromatic N) is 2. The smallest absolute Gasteiger partial charge is 0.154 e. The van der Waals surface area contributed by atoms with Crippen molar-refractivity contribution >= 4 is 21.6 Å². The molecule has 1 saturated heterocycles. The van der Waals surface area contributed by atoms with E-state index in [1.54, 1.807) is 0 Å². The molecule has 5 nitrogen and oxygen atoms in total. The monoisotopic (exact) mass is 302 g/mol. The van der Waals surface area contributed by atoms with Gasteiger partial charge >= 0.3 is 0 Å². The van der Waals surface area contributed by atoms with Crippen molar-refractivity contribution in [3.63, 3.8) is 0 Å². The van der Waals surface area contributed by atoms with E-state index in [9.17, 15) is 13.5 Å². The zero-order valence-electron chi connectivity index (χ0n) is 11.2. The summed E-state index contributed by atoms with van der Waals surface area (Å²) in [6, 6.07) is 1.83. The Morgan fingerprint density at radius 1 is 1.37 bits per heavy atom. The molecule has 7 heteroatoms. The first kappa shape index (κ1) is 14.7. The van der Waals surface area contributed by atoms with E-state index in [-0.39, 0.29) is 22.7 Å². The molecule has 2 heterocycles. The number of aromatic nitrogens is 2. The Labute approximate surface area is 117 Å². The molecule has 0 radical (unpaired) electrons. The molecule has 1 aromatic rings. The summed E-state index contributed by atoms with van der Waals surface area (Å²) in [4.78, 5) is 8.78. The molecule has 1 aromatic heterocycles. The first-order valence-corrected chi connectivity index (χ1v) is 8.87. The average molecular weight is 302 g/mol. The van der Waals surface area contributed by atoms with Gasteiger partial charge in [0.15, 0.2) is 9.84 Å². The second-order valence-corrected chi connectivity index (χ2v) is 8.57. The number of aliphatic hydroxyl groups is 1. The minimum absolute atomic E-state index is 0.0128. The Kier molecular flexibility index (Phi) is 4.17. The van der Waals surface area contributed by atoms with Gasteiger partial charge in [0.25, 0.3) is 0 Å². The van der Waals surface area contributed by atoms with Crippen molar-refractivity contribution in [3.05, 3.63) is 17.6 Å². The third-order valence-corrected chi connectivity index (χ3v) is 6.07. The number of thioether (sulfide) groups is 1. The molecule has 0 unspecified atom stereocenters. The summed E-state index contributed by atoms with van der Waals surface area (Å²) in [5.41, 5.74) is 0.858. The van der Waals surface area contributed by atoms with Crippen molar-refractivity contribution in [2.45, 2.75) is 43.1 Å². The predicted octanol–water partition coefficient (Wildman–Crippen LogP) is 1.16. The lowest BCUT2D eigenvalue weighted by molar-refractivity contribution is 0.207. The Balaban J connectivity index is 2.20. The highest BCUT2D eigenvalue weighted by Gasteiger charge is 2.37. The fourth-order valence-corrected chi connectivity index (χ4v) is 5.52. The van der Waals surface area contributed by atoms with Crippen molar-refractivity contribution in [3.8, 4) is 0 Å². The van der Waals surface area contributed by atoms with E-state index in [2.05, 4.69) is 9.97 Å². The summed E-state index contributed by atoms with van der Waals surface area (Å²) in [5, 5.41) is 10.2. The molecule has 1 N–H and O–H groups in total. The van der Waals surface area contributed by atoms with Gasteiger partial charge in [0.05, 0.1) is 22.9 Å². The number of rotatable bonds is 3. The van der Waals surface area contributed by atoms with Crippen molar-refractivity contribution in [1.29, 1.82) is 0 Å². The highest BCUT2D eigenvalue weighted by atomic mass is 32.2. The molecule has 0 aromatic carbocycles. The minimum Gasteiger partial charge on any atom is -0.391 e. The molecular weight excluding hydrogens is 284 g/mol. The first-order valence-electron chi connectivity index (χ1n) is 6.17. The van der Waals surface area contributed by atoms with Crippen LogP contribution in [0, 0.1) is 6.92 Å². The van der Waals surface area contributed by atoms with Crippen LogP contribution < -0.4 is 0 Å². The summed E-state index contributed by atoms with van der Waals surface area (Å²) >= 11 is 1.33. The van der Waals surface area contributed by atoms with Gasteiger partial charge in [0.2, 0.25) is 0 Å². The Bertz CT molecular complexity index is 572. The number of aliphatic hydroxyl groups excluding tert-OH is 1. The second kappa shape index (κ2) is 5.38. The van der Waals surface area contributed by atoms with Crippen LogP contribution in [0.2, 0.25) is 0 Å². The maximum absolute atomic E-state index is 11.5. The molecule has 19 heavy (non-hydrogen) atoms. The molecule has 0 bridgehead atoms. The van der Waals surface area contributed by atoms with Gasteiger partial charge in [-0.3, -0.25) is 0 Å². The van der Waals surface area contributed by atoms with Crippen LogP contribution in [0.1, 0.15) is 31.3 Å². The van der Waals surface area contributed by atoms with E-state index in [1.165, 1.54) is 11.8 Å². The zero-order chi connectivity index (χ0) is 14.2. The summed E-state index contributed by atoms with van der Waals surface area (Å²) in [7, 11) is -3.12. The molecule has 0 spiro atoms. The maximum Gasteiger partial charge on any atom is 0.154 e. The summed E-state index contributed by atoms with van der Waals surface area (Å²) < 4.78 is 23.0. The Morgan fingerprint density at radius 2 is 2.05 bits per heavy atom. The normalized spacial score (nSPS) is 25.9. The van der Waals surface area contributed by atoms with Crippen LogP contribution in [-0.2, 0) is 9.84 Å². The molecule has 0 aliphatic carbocycles. The maximum atomic E-state index is 11.5. The van der Waals surface area contributed by atoms with Gasteiger partial charge < -0.3 is 5.11 Å². The van der Waals surface area contributed by atoms with Crippen molar-refractivity contribution in [2.75, 3.05) is 11.5 Å². The quantitative estimate of drug-likeness (QED) is 0.844. The van der Waals surface area contributed by atoms with Crippen LogP contribution in [0.5, 0.6) is 0 Å². The molecule has 106 valence electrons. The molecule has 0 amide bonds. The lowest BCUT2D eigenvalue weighted by Crippen LogP contribution is -2.20. The van der Waals surface area contributed by atoms with Gasteiger partial charge in [0.1, 0.15) is 10.9 Å². The van der Waals surface area contributed by atoms with Crippen molar-refractivity contribution in [1.82, 2.24) is 9.97 Å². The van der Waals surface area contributed by atoms with Crippen LogP contribution in [0.15, 0.2) is 11.1 Å². The molecule has 1 aliphatic heterocycles. The molecule has 2 rings (SSSR count). The first-order chi connectivity index (χ1) is 8.77. The summed E-state index contributed by atoms with van der Waals surface area (Å²) in [6.07, 6.45) is -0.812. The van der Waals surface area contributed by atoms with E-state index in [0.717, 1.165) is 16.5 Å². The van der Waals surface area contributed by atoms with E-state index in [1.807, 2.05) is 26.8 Å². The van der Waals surface area contributed by atoms with Crippen LogP contribution in [0.3, 0.4) is 0 Å². The fraction of sp³-hybridized carbons (Fsp3) is 0.667. The average Bonchev–Trinajstić information content (AvgIpc) is 2.50. The SMILES string of the molecule is Cc1cc(S[C@@H]2CS(=O)(=O)C[C@@H]2O)nc(C(C)C)n1. The van der Waals surface area contributed by atoms with Crippen molar-refractivity contribution in [2.24, 2.45) is 0 Å². The molecule has 2 atom stereocenters. The Morgan fingerprint density at radius 3 is 2.58 bits per heavy atom. The standard InChI is InChI=1S/C12H18N2O3S2/c1-7(2)12-13-8(3)4-11(14-12)18-10-6-19(16,17)5-9(10)15/h4,7,9-10,15H,5-6H2,1-3H3/t9-,10+/m0/s1. The minimum atomic E-state index is -3.12. The van der Waals surface area contributed by atoms with Crippen LogP contribution >= 0.6 is 11.8 Å². The van der Waals surface area contributed by atoms with Gasteiger partial charge in [-0.2, -0.15) is 0 Å². The van der Waals surface area contributed by atoms with Crippen molar-refractivity contribution < 1.29 is 13.5 Å². The highest BCUT2D eigenvalue weighted by Crippen LogP contribution is 2.31. The highest BCUT2D eigenvalue weighted by molar-refractivity contribution is 8.01. The fourth-order valence-electron chi connectivity index (χ4n) is 1.94. The number of hydrogen-bond donors (Lipinski definition) is 1. The van der Waals surface area contributed by atoms with Crippen LogP contribution in [0.4, 0.5) is 0 Å². The molecule has 0 saturated carbocycles. The third kappa shape index (κ3) is 3.67. The lowest BCUT2D eigenvalue weighted by atomic mass is 10.2. The van der Waals surface area contributed by atoms with Gasteiger partial charge in [-0.25, -0.2) is 18.4 Å². The lowest BCUT2D eigenvalue weighted by Gasteiger charge is -2.13. The largest absolute Gasteiger partial charge is 0.391 e. The third-order valence-electron chi connectivity index (χ3n) is 2.91. The number of hydrogen-bond acceptors (Lipinski definition) is 6. The Hall–Kier alpha value is -0.660. The predicted molar refractivity (Wildman–Crippen MR) is 75.2 cm³/mol. The zero-order valence-corrected chi connectivity index (χ0v) is 12.8. The number of aryl methyl sites for hydroxylation is 1. The molecule has 1 aliphatic rings. The summed E-state index contributed by atoms with van der Waals surface area (Å²) in [5.74, 6) is 0.833. The molecular formula is C12H18N2O3S2. The number of sulfone groups is 1. The van der Waals surface area contributed by atoms with Gasteiger partial charge in [0, 0.05) is 11.6 Å². The van der Waals surface area contributed by atoms with E-state index in [4.69, 9.17) is 0 Å².